The number of hydrazine groups is 1. The van der Waals surface area contributed by atoms with Crippen molar-refractivity contribution in [1.82, 2.24) is 10.3 Å². The van der Waals surface area contributed by atoms with Crippen molar-refractivity contribution in [3.63, 3.8) is 0 Å². The molecule has 0 bridgehead atoms. The zero-order chi connectivity index (χ0) is 13.7. The molecular weight excluding hydrogens is 226 g/mol. The molecule has 0 amide bonds. The van der Waals surface area contributed by atoms with E-state index in [0.29, 0.717) is 6.67 Å². The summed E-state index contributed by atoms with van der Waals surface area (Å²) in [5.74, 6) is 6.34. The number of nitrogens with one attached hydrogen (secondary N) is 1. The number of nitrogens with two attached hydrogens (primary N) is 1. The van der Waals surface area contributed by atoms with Crippen LogP contribution in [0.5, 0.6) is 5.75 Å². The first-order valence-electron chi connectivity index (χ1n) is 6.27. The fourth-order valence-corrected chi connectivity index (χ4v) is 2.23. The SMILES string of the molecule is COc1c(C)c(C)cc(C)c1CCN(C)CNN. The van der Waals surface area contributed by atoms with Gasteiger partial charge in [-0.1, -0.05) is 6.07 Å². The molecule has 0 unspecified atom stereocenters. The van der Waals surface area contributed by atoms with Crippen LogP contribution in [0, 0.1) is 20.8 Å². The fraction of sp³-hybridized carbons (Fsp3) is 0.571. The summed E-state index contributed by atoms with van der Waals surface area (Å²) in [6.45, 7) is 8.02. The number of ether oxygens (including phenoxy) is 1. The maximum absolute atomic E-state index is 5.57. The van der Waals surface area contributed by atoms with E-state index in [1.165, 1.54) is 22.3 Å². The Labute approximate surface area is 110 Å². The molecular formula is C14H25N3O. The normalized spacial score (nSPS) is 11.1. The third-order valence-electron chi connectivity index (χ3n) is 3.42. The van der Waals surface area contributed by atoms with Crippen LogP contribution in [0.4, 0.5) is 0 Å². The Balaban J connectivity index is 2.91. The van der Waals surface area contributed by atoms with E-state index in [1.807, 2.05) is 7.05 Å². The number of likely N-dealkylation sites (N-methyl/N-ethyl adjacent to an activating group) is 1. The summed E-state index contributed by atoms with van der Waals surface area (Å²) >= 11 is 0. The highest BCUT2D eigenvalue weighted by molar-refractivity contribution is 5.49. The fourth-order valence-electron chi connectivity index (χ4n) is 2.23. The van der Waals surface area contributed by atoms with Gasteiger partial charge in [0, 0.05) is 6.54 Å². The third kappa shape index (κ3) is 3.45. The predicted octanol–water partition coefficient (Wildman–Crippen LogP) is 1.52. The summed E-state index contributed by atoms with van der Waals surface area (Å²) in [6, 6.07) is 2.23. The Kier molecular flexibility index (Phi) is 5.59. The molecule has 0 aliphatic heterocycles. The van der Waals surface area contributed by atoms with Gasteiger partial charge < -0.3 is 4.74 Å². The van der Waals surface area contributed by atoms with E-state index in [2.05, 4.69) is 37.2 Å². The van der Waals surface area contributed by atoms with E-state index in [1.54, 1.807) is 7.11 Å². The first-order chi connectivity index (χ1) is 8.51. The van der Waals surface area contributed by atoms with Gasteiger partial charge in [-0.15, -0.1) is 0 Å². The molecule has 4 nitrogen and oxygen atoms in total. The van der Waals surface area contributed by atoms with Crippen LogP contribution in [0.15, 0.2) is 6.07 Å². The molecule has 0 aromatic heterocycles. The summed E-state index contributed by atoms with van der Waals surface area (Å²) in [4.78, 5) is 2.15. The topological polar surface area (TPSA) is 50.5 Å². The van der Waals surface area contributed by atoms with Crippen molar-refractivity contribution in [1.29, 1.82) is 0 Å². The van der Waals surface area contributed by atoms with E-state index in [4.69, 9.17) is 10.6 Å². The number of methoxy groups -OCH3 is 1. The minimum Gasteiger partial charge on any atom is -0.496 e. The van der Waals surface area contributed by atoms with Crippen molar-refractivity contribution >= 4 is 0 Å². The third-order valence-corrected chi connectivity index (χ3v) is 3.42. The van der Waals surface area contributed by atoms with Gasteiger partial charge in [0.15, 0.2) is 0 Å². The van der Waals surface area contributed by atoms with Crippen LogP contribution in [0.3, 0.4) is 0 Å². The Morgan fingerprint density at radius 2 is 1.94 bits per heavy atom. The molecule has 0 radical (unpaired) electrons. The van der Waals surface area contributed by atoms with Gasteiger partial charge in [-0.3, -0.25) is 10.7 Å². The van der Waals surface area contributed by atoms with E-state index in [0.717, 1.165) is 18.7 Å². The van der Waals surface area contributed by atoms with Gasteiger partial charge >= 0.3 is 0 Å². The molecule has 18 heavy (non-hydrogen) atoms. The Hall–Kier alpha value is -1.10. The van der Waals surface area contributed by atoms with E-state index >= 15 is 0 Å². The Morgan fingerprint density at radius 3 is 2.50 bits per heavy atom. The van der Waals surface area contributed by atoms with Crippen LogP contribution in [0.1, 0.15) is 22.3 Å². The smallest absolute Gasteiger partial charge is 0.125 e. The summed E-state index contributed by atoms with van der Waals surface area (Å²) in [6.07, 6.45) is 0.967. The highest BCUT2D eigenvalue weighted by atomic mass is 16.5. The van der Waals surface area contributed by atoms with Crippen molar-refractivity contribution in [3.8, 4) is 5.75 Å². The summed E-state index contributed by atoms with van der Waals surface area (Å²) in [5.41, 5.74) is 7.77. The number of benzene rings is 1. The van der Waals surface area contributed by atoms with Gasteiger partial charge in [-0.25, -0.2) is 5.43 Å². The van der Waals surface area contributed by atoms with Crippen molar-refractivity contribution in [2.75, 3.05) is 27.4 Å². The second kappa shape index (κ2) is 6.73. The average Bonchev–Trinajstić information content (AvgIpc) is 2.32. The maximum Gasteiger partial charge on any atom is 0.125 e. The van der Waals surface area contributed by atoms with Crippen LogP contribution in [0.25, 0.3) is 0 Å². The minimum atomic E-state index is 0.687. The summed E-state index contributed by atoms with van der Waals surface area (Å²) in [5, 5.41) is 0. The molecule has 0 heterocycles. The average molecular weight is 251 g/mol. The van der Waals surface area contributed by atoms with Crippen LogP contribution in [-0.2, 0) is 6.42 Å². The molecule has 0 saturated carbocycles. The molecule has 0 fully saturated rings. The summed E-state index contributed by atoms with van der Waals surface area (Å²) in [7, 11) is 3.79. The molecule has 0 spiro atoms. The molecule has 0 aliphatic rings. The molecule has 1 aromatic rings. The van der Waals surface area contributed by atoms with E-state index in [9.17, 15) is 0 Å². The van der Waals surface area contributed by atoms with Crippen molar-refractivity contribution < 1.29 is 4.74 Å². The molecule has 102 valence electrons. The molecule has 1 aromatic carbocycles. The monoisotopic (exact) mass is 251 g/mol. The first-order valence-corrected chi connectivity index (χ1v) is 6.27. The second-order valence-corrected chi connectivity index (χ2v) is 4.84. The predicted molar refractivity (Wildman–Crippen MR) is 75.7 cm³/mol. The molecule has 1 rings (SSSR count). The first kappa shape index (κ1) is 15.0. The Morgan fingerprint density at radius 1 is 1.28 bits per heavy atom. The van der Waals surface area contributed by atoms with Crippen molar-refractivity contribution in [2.24, 2.45) is 5.84 Å². The zero-order valence-corrected chi connectivity index (χ0v) is 12.1. The number of aryl methyl sites for hydroxylation is 2. The lowest BCUT2D eigenvalue weighted by atomic mass is 9.97. The largest absolute Gasteiger partial charge is 0.496 e. The number of hydrogen-bond donors (Lipinski definition) is 2. The molecule has 3 N–H and O–H groups in total. The van der Waals surface area contributed by atoms with Gasteiger partial charge in [-0.05, 0) is 56.5 Å². The van der Waals surface area contributed by atoms with E-state index < -0.39 is 0 Å². The van der Waals surface area contributed by atoms with Gasteiger partial charge in [0.2, 0.25) is 0 Å². The highest BCUT2D eigenvalue weighted by Crippen LogP contribution is 2.29. The van der Waals surface area contributed by atoms with Crippen LogP contribution in [0.2, 0.25) is 0 Å². The lowest BCUT2D eigenvalue weighted by molar-refractivity contribution is 0.310. The second-order valence-electron chi connectivity index (χ2n) is 4.84. The van der Waals surface area contributed by atoms with Crippen molar-refractivity contribution in [3.05, 3.63) is 28.3 Å². The van der Waals surface area contributed by atoms with Gasteiger partial charge in [-0.2, -0.15) is 0 Å². The summed E-state index contributed by atoms with van der Waals surface area (Å²) < 4.78 is 5.57. The van der Waals surface area contributed by atoms with Gasteiger partial charge in [0.25, 0.3) is 0 Å². The van der Waals surface area contributed by atoms with Gasteiger partial charge in [0.1, 0.15) is 5.75 Å². The van der Waals surface area contributed by atoms with Gasteiger partial charge in [0.05, 0.1) is 13.8 Å². The highest BCUT2D eigenvalue weighted by Gasteiger charge is 2.12. The van der Waals surface area contributed by atoms with Crippen LogP contribution in [-0.4, -0.2) is 32.3 Å². The van der Waals surface area contributed by atoms with Crippen molar-refractivity contribution in [2.45, 2.75) is 27.2 Å². The minimum absolute atomic E-state index is 0.687. The maximum atomic E-state index is 5.57. The number of hydrogen-bond acceptors (Lipinski definition) is 4. The lowest BCUT2D eigenvalue weighted by Gasteiger charge is -2.20. The number of nitrogens with zero attached hydrogens (tertiary/aromatic N) is 1. The Bertz CT molecular complexity index is 405. The van der Waals surface area contributed by atoms with E-state index in [-0.39, 0.29) is 0 Å². The molecule has 0 atom stereocenters. The van der Waals surface area contributed by atoms with Crippen LogP contribution < -0.4 is 16.0 Å². The molecule has 4 heteroatoms. The van der Waals surface area contributed by atoms with Crippen LogP contribution >= 0.6 is 0 Å². The number of rotatable bonds is 6. The lowest BCUT2D eigenvalue weighted by Crippen LogP contribution is -2.36. The molecule has 0 saturated heterocycles. The molecule has 0 aliphatic carbocycles. The quantitative estimate of drug-likeness (QED) is 0.457. The standard InChI is InChI=1S/C14H25N3O/c1-10-8-11(2)13(14(18-5)12(10)3)6-7-17(4)9-16-15/h8,16H,6-7,9,15H2,1-5H3. The zero-order valence-electron chi connectivity index (χ0n) is 12.1.